The summed E-state index contributed by atoms with van der Waals surface area (Å²) in [5, 5.41) is 16.8. The van der Waals surface area contributed by atoms with E-state index in [4.69, 9.17) is 4.42 Å². The van der Waals surface area contributed by atoms with Crippen molar-refractivity contribution in [1.82, 2.24) is 15.6 Å². The molecule has 204 valence electrons. The summed E-state index contributed by atoms with van der Waals surface area (Å²) in [5.74, 6) is -2.08. The van der Waals surface area contributed by atoms with Crippen LogP contribution < -0.4 is 15.4 Å². The van der Waals surface area contributed by atoms with Crippen LogP contribution in [-0.4, -0.2) is 49.4 Å². The third-order valence-electron chi connectivity index (χ3n) is 5.82. The highest BCUT2D eigenvalue weighted by Gasteiger charge is 2.35. The number of carbonyl (C=O) groups is 1. The molecule has 1 heterocycles. The molecule has 13 heteroatoms. The number of sulfonamides is 1. The van der Waals surface area contributed by atoms with Gasteiger partial charge in [0, 0.05) is 28.6 Å². The zero-order valence-corrected chi connectivity index (χ0v) is 23.4. The van der Waals surface area contributed by atoms with E-state index in [0.29, 0.717) is 6.54 Å². The number of aliphatic hydroxyl groups is 1. The van der Waals surface area contributed by atoms with Crippen molar-refractivity contribution in [3.05, 3.63) is 80.3 Å². The van der Waals surface area contributed by atoms with Gasteiger partial charge in [0.2, 0.25) is 10.0 Å². The van der Waals surface area contributed by atoms with Crippen LogP contribution in [0.1, 0.15) is 46.1 Å². The Kier molecular flexibility index (Phi) is 9.00. The summed E-state index contributed by atoms with van der Waals surface area (Å²) in [6.45, 7) is 0.530. The first-order valence-corrected chi connectivity index (χ1v) is 14.8. The molecule has 0 spiro atoms. The normalized spacial score (nSPS) is 15.2. The molecule has 1 fully saturated rings. The third-order valence-corrected chi connectivity index (χ3v) is 7.04. The van der Waals surface area contributed by atoms with Crippen molar-refractivity contribution in [1.29, 1.82) is 0 Å². The largest absolute Gasteiger partial charge is 0.427 e. The molecular weight excluding hydrogens is 633 g/mol. The minimum absolute atomic E-state index is 0.0719. The lowest BCUT2D eigenvalue weighted by atomic mass is 10.00. The number of nitrogens with one attached hydrogen (secondary N) is 3. The van der Waals surface area contributed by atoms with E-state index in [9.17, 15) is 27.1 Å². The monoisotopic (exact) mass is 660 g/mol. The topological polar surface area (TPSA) is 134 Å². The number of hydrogen-bond donors (Lipinski definition) is 4. The fourth-order valence-corrected chi connectivity index (χ4v) is 4.99. The standard InChI is InChI=1S/C25H27F2IN4O5S/c1-38(35,36)32-25-31-22(23(37-25)16-5-6-16)24(34)30-20(10-15-7-17(26)11-18(27)8-15)21(33)13-29-12-14-3-2-4-19(28)9-14/h2-4,7-9,11,16,20-21,29,33H,5-6,10,12-13H2,1H3,(H,30,34)(H,31,32)/t20-,21+/m0/s1. The van der Waals surface area contributed by atoms with Gasteiger partial charge in [-0.15, -0.1) is 0 Å². The SMILES string of the molecule is CS(=O)(=O)Nc1nc(C(=O)N[C@@H](Cc2cc(F)cc(F)c2)[C@H](O)CNCc2cccc(I)c2)c(C2CC2)o1. The molecule has 2 atom stereocenters. The number of aromatic nitrogens is 1. The Labute approximate surface area is 232 Å². The fraction of sp³-hybridized carbons (Fsp3) is 0.360. The van der Waals surface area contributed by atoms with Gasteiger partial charge in [-0.1, -0.05) is 12.1 Å². The Bertz CT molecular complexity index is 1390. The number of nitrogens with zero attached hydrogens (tertiary/aromatic N) is 1. The van der Waals surface area contributed by atoms with Crippen LogP contribution in [0.5, 0.6) is 0 Å². The van der Waals surface area contributed by atoms with Crippen molar-refractivity contribution >= 4 is 44.5 Å². The van der Waals surface area contributed by atoms with Crippen molar-refractivity contribution in [2.24, 2.45) is 0 Å². The van der Waals surface area contributed by atoms with Crippen molar-refractivity contribution < 1.29 is 31.5 Å². The summed E-state index contributed by atoms with van der Waals surface area (Å²) >= 11 is 2.20. The first-order valence-electron chi connectivity index (χ1n) is 11.8. The van der Waals surface area contributed by atoms with Crippen LogP contribution in [0.2, 0.25) is 0 Å². The maximum absolute atomic E-state index is 13.8. The molecule has 38 heavy (non-hydrogen) atoms. The summed E-state index contributed by atoms with van der Waals surface area (Å²) in [5.41, 5.74) is 1.14. The molecule has 1 saturated carbocycles. The first kappa shape index (κ1) is 28.4. The average Bonchev–Trinajstić information content (AvgIpc) is 3.57. The number of aliphatic hydroxyl groups excluding tert-OH is 1. The zero-order chi connectivity index (χ0) is 27.4. The molecule has 1 aliphatic rings. The van der Waals surface area contributed by atoms with Crippen molar-refractivity contribution in [2.75, 3.05) is 17.5 Å². The van der Waals surface area contributed by atoms with Gasteiger partial charge < -0.3 is 20.2 Å². The number of amides is 1. The predicted octanol–water partition coefficient (Wildman–Crippen LogP) is 3.30. The van der Waals surface area contributed by atoms with E-state index in [1.165, 1.54) is 0 Å². The maximum atomic E-state index is 13.8. The number of oxazole rings is 1. The molecule has 1 amide bonds. The van der Waals surface area contributed by atoms with Crippen LogP contribution >= 0.6 is 22.6 Å². The lowest BCUT2D eigenvalue weighted by molar-refractivity contribution is 0.0824. The number of anilines is 1. The smallest absolute Gasteiger partial charge is 0.309 e. The zero-order valence-electron chi connectivity index (χ0n) is 20.4. The Balaban J connectivity index is 1.52. The molecule has 0 bridgehead atoms. The van der Waals surface area contributed by atoms with Crippen LogP contribution in [-0.2, 0) is 23.0 Å². The molecule has 0 saturated heterocycles. The molecule has 2 aromatic carbocycles. The van der Waals surface area contributed by atoms with E-state index in [1.807, 2.05) is 24.3 Å². The molecule has 1 aromatic heterocycles. The van der Waals surface area contributed by atoms with E-state index in [1.54, 1.807) is 0 Å². The van der Waals surface area contributed by atoms with Crippen LogP contribution in [0, 0.1) is 15.2 Å². The first-order chi connectivity index (χ1) is 18.0. The number of benzene rings is 2. The number of rotatable bonds is 12. The van der Waals surface area contributed by atoms with Gasteiger partial charge in [-0.3, -0.25) is 4.79 Å². The van der Waals surface area contributed by atoms with Gasteiger partial charge in [0.05, 0.1) is 18.4 Å². The van der Waals surface area contributed by atoms with E-state index in [0.717, 1.165) is 46.4 Å². The van der Waals surface area contributed by atoms with E-state index >= 15 is 0 Å². The van der Waals surface area contributed by atoms with Gasteiger partial charge in [0.1, 0.15) is 17.4 Å². The Morgan fingerprint density at radius 1 is 1.18 bits per heavy atom. The van der Waals surface area contributed by atoms with Crippen molar-refractivity contribution in [3.63, 3.8) is 0 Å². The number of hydrogen-bond acceptors (Lipinski definition) is 7. The fourth-order valence-electron chi connectivity index (χ4n) is 3.98. The van der Waals surface area contributed by atoms with Gasteiger partial charge in [-0.25, -0.2) is 21.9 Å². The summed E-state index contributed by atoms with van der Waals surface area (Å²) < 4.78 is 59.6. The van der Waals surface area contributed by atoms with Gasteiger partial charge in [-0.05, 0) is 77.2 Å². The van der Waals surface area contributed by atoms with Crippen LogP contribution in [0.15, 0.2) is 46.9 Å². The molecular formula is C25H27F2IN4O5S. The van der Waals surface area contributed by atoms with Crippen molar-refractivity contribution in [3.8, 4) is 0 Å². The van der Waals surface area contributed by atoms with E-state index < -0.39 is 39.7 Å². The second-order valence-corrected chi connectivity index (χ2v) is 12.3. The van der Waals surface area contributed by atoms with Crippen LogP contribution in [0.25, 0.3) is 0 Å². The third kappa shape index (κ3) is 8.19. The molecule has 1 aliphatic carbocycles. The molecule has 0 unspecified atom stereocenters. The average molecular weight is 660 g/mol. The van der Waals surface area contributed by atoms with Gasteiger partial charge >= 0.3 is 6.01 Å². The van der Waals surface area contributed by atoms with Gasteiger partial charge in [-0.2, -0.15) is 4.98 Å². The molecule has 3 aromatic rings. The summed E-state index contributed by atoms with van der Waals surface area (Å²) in [6, 6.07) is 9.51. The highest BCUT2D eigenvalue weighted by molar-refractivity contribution is 14.1. The second-order valence-electron chi connectivity index (χ2n) is 9.27. The Morgan fingerprint density at radius 2 is 1.89 bits per heavy atom. The van der Waals surface area contributed by atoms with E-state index in [2.05, 4.69) is 42.9 Å². The molecule has 4 N–H and O–H groups in total. The summed E-state index contributed by atoms with van der Waals surface area (Å²) in [7, 11) is -3.69. The summed E-state index contributed by atoms with van der Waals surface area (Å²) in [6.07, 6.45) is 1.23. The van der Waals surface area contributed by atoms with Crippen LogP contribution in [0.3, 0.4) is 0 Å². The molecule has 9 nitrogen and oxygen atoms in total. The molecule has 0 aliphatic heterocycles. The van der Waals surface area contributed by atoms with Gasteiger partial charge in [0.25, 0.3) is 5.91 Å². The quantitative estimate of drug-likeness (QED) is 0.219. The lowest BCUT2D eigenvalue weighted by Crippen LogP contribution is -2.49. The highest BCUT2D eigenvalue weighted by atomic mass is 127. The van der Waals surface area contributed by atoms with E-state index in [-0.39, 0.29) is 41.9 Å². The molecule has 0 radical (unpaired) electrons. The predicted molar refractivity (Wildman–Crippen MR) is 145 cm³/mol. The lowest BCUT2D eigenvalue weighted by Gasteiger charge is -2.25. The molecule has 4 rings (SSSR count). The minimum atomic E-state index is -3.69. The summed E-state index contributed by atoms with van der Waals surface area (Å²) in [4.78, 5) is 17.3. The van der Waals surface area contributed by atoms with Gasteiger partial charge in [0.15, 0.2) is 5.69 Å². The Morgan fingerprint density at radius 3 is 2.53 bits per heavy atom. The number of carbonyl (C=O) groups excluding carboxylic acids is 1. The second kappa shape index (κ2) is 12.1. The maximum Gasteiger partial charge on any atom is 0.309 e. The van der Waals surface area contributed by atoms with Crippen molar-refractivity contribution in [2.45, 2.75) is 43.9 Å². The Hall–Kier alpha value is -2.62. The highest BCUT2D eigenvalue weighted by Crippen LogP contribution is 2.42. The van der Waals surface area contributed by atoms with Crippen LogP contribution in [0.4, 0.5) is 14.8 Å². The minimum Gasteiger partial charge on any atom is -0.427 e. The number of halogens is 3.